The number of carbonyl (C=O) groups excluding carboxylic acids is 1. The molecule has 1 aromatic heterocycles. The van der Waals surface area contributed by atoms with Gasteiger partial charge in [0.1, 0.15) is 5.82 Å². The molecule has 0 radical (unpaired) electrons. The summed E-state index contributed by atoms with van der Waals surface area (Å²) in [6.07, 6.45) is 2.53. The first kappa shape index (κ1) is 20.6. The van der Waals surface area contributed by atoms with Crippen molar-refractivity contribution in [3.63, 3.8) is 0 Å². The quantitative estimate of drug-likeness (QED) is 0.509. The number of carbonyl (C=O) groups is 1. The summed E-state index contributed by atoms with van der Waals surface area (Å²) in [5, 5.41) is 4.90. The lowest BCUT2D eigenvalue weighted by atomic mass is 10.1. The third-order valence-electron chi connectivity index (χ3n) is 4.30. The molecule has 1 amide bonds. The van der Waals surface area contributed by atoms with Gasteiger partial charge in [-0.3, -0.25) is 4.79 Å². The number of thiophene rings is 1. The van der Waals surface area contributed by atoms with E-state index < -0.39 is 0 Å². The molecule has 29 heavy (non-hydrogen) atoms. The molecule has 1 atom stereocenters. The molecular weight excluding hydrogens is 389 g/mol. The smallest absolute Gasteiger partial charge is 0.258 e. The largest absolute Gasteiger partial charge is 0.493 e. The van der Waals surface area contributed by atoms with Gasteiger partial charge in [-0.15, -0.1) is 17.9 Å². The van der Waals surface area contributed by atoms with Crippen molar-refractivity contribution in [1.29, 1.82) is 0 Å². The first-order valence-corrected chi connectivity index (χ1v) is 9.97. The highest BCUT2D eigenvalue weighted by atomic mass is 32.1. The molecule has 6 heteroatoms. The highest BCUT2D eigenvalue weighted by Gasteiger charge is 2.19. The molecule has 0 unspecified atom stereocenters. The number of halogens is 1. The zero-order chi connectivity index (χ0) is 20.6. The molecule has 4 nitrogen and oxygen atoms in total. The van der Waals surface area contributed by atoms with Gasteiger partial charge in [0.25, 0.3) is 5.91 Å². The van der Waals surface area contributed by atoms with Crippen LogP contribution in [0.3, 0.4) is 0 Å². The second kappa shape index (κ2) is 9.89. The van der Waals surface area contributed by atoms with E-state index in [2.05, 4.69) is 11.9 Å². The van der Waals surface area contributed by atoms with Crippen LogP contribution in [0.25, 0.3) is 0 Å². The minimum atomic E-state index is -0.372. The molecular formula is C23H22FNO3S. The number of rotatable bonds is 9. The van der Waals surface area contributed by atoms with Crippen LogP contribution in [0.4, 0.5) is 4.39 Å². The molecule has 1 heterocycles. The molecule has 0 aliphatic rings. The number of ether oxygens (including phenoxy) is 2. The monoisotopic (exact) mass is 411 g/mol. The van der Waals surface area contributed by atoms with Gasteiger partial charge in [0.15, 0.2) is 18.1 Å². The summed E-state index contributed by atoms with van der Waals surface area (Å²) in [4.78, 5) is 13.5. The van der Waals surface area contributed by atoms with Crippen molar-refractivity contribution < 1.29 is 18.7 Å². The fraction of sp³-hybridized carbons (Fsp3) is 0.174. The highest BCUT2D eigenvalue weighted by Crippen LogP contribution is 2.29. The average molecular weight is 411 g/mol. The van der Waals surface area contributed by atoms with E-state index in [-0.39, 0.29) is 24.4 Å². The molecule has 1 N–H and O–H groups in total. The maximum absolute atomic E-state index is 13.3. The Balaban J connectivity index is 1.69. The maximum atomic E-state index is 13.3. The predicted molar refractivity (Wildman–Crippen MR) is 113 cm³/mol. The maximum Gasteiger partial charge on any atom is 0.258 e. The SMILES string of the molecule is C=CCc1ccc(OCC(=O)N[C@H](c2ccc(F)cc2)c2cccs2)c(OC)c1. The van der Waals surface area contributed by atoms with Crippen LogP contribution in [0.5, 0.6) is 11.5 Å². The number of hydrogen-bond acceptors (Lipinski definition) is 4. The highest BCUT2D eigenvalue weighted by molar-refractivity contribution is 7.10. The standard InChI is InChI=1S/C23H22FNO3S/c1-3-5-16-7-12-19(20(14-16)27-2)28-15-22(26)25-23(21-6-4-13-29-21)17-8-10-18(24)11-9-17/h3-4,6-14,23H,1,5,15H2,2H3,(H,25,26)/t23-/m1/s1. The predicted octanol–water partition coefficient (Wildman–Crippen LogP) is 4.91. The van der Waals surface area contributed by atoms with Crippen LogP contribution >= 0.6 is 11.3 Å². The number of hydrogen-bond donors (Lipinski definition) is 1. The number of methoxy groups -OCH3 is 1. The van der Waals surface area contributed by atoms with Crippen molar-refractivity contribution in [2.24, 2.45) is 0 Å². The van der Waals surface area contributed by atoms with E-state index in [9.17, 15) is 9.18 Å². The van der Waals surface area contributed by atoms with Crippen molar-refractivity contribution in [1.82, 2.24) is 5.32 Å². The molecule has 0 saturated carbocycles. The normalized spacial score (nSPS) is 11.5. The van der Waals surface area contributed by atoms with Gasteiger partial charge in [-0.25, -0.2) is 4.39 Å². The number of nitrogens with one attached hydrogen (secondary N) is 1. The van der Waals surface area contributed by atoms with Crippen LogP contribution in [0.15, 0.2) is 72.6 Å². The zero-order valence-corrected chi connectivity index (χ0v) is 16.9. The molecule has 3 aromatic rings. The number of benzene rings is 2. The molecule has 0 fully saturated rings. The molecule has 0 bridgehead atoms. The van der Waals surface area contributed by atoms with Gasteiger partial charge in [-0.1, -0.05) is 30.3 Å². The Morgan fingerprint density at radius 1 is 1.21 bits per heavy atom. The van der Waals surface area contributed by atoms with Crippen LogP contribution < -0.4 is 14.8 Å². The van der Waals surface area contributed by atoms with Gasteiger partial charge in [0, 0.05) is 4.88 Å². The summed E-state index contributed by atoms with van der Waals surface area (Å²) in [6, 6.07) is 15.1. The van der Waals surface area contributed by atoms with Gasteiger partial charge in [-0.2, -0.15) is 0 Å². The second-order valence-corrected chi connectivity index (χ2v) is 7.31. The molecule has 0 saturated heterocycles. The average Bonchev–Trinajstić information content (AvgIpc) is 3.26. The Morgan fingerprint density at radius 3 is 2.66 bits per heavy atom. The fourth-order valence-corrected chi connectivity index (χ4v) is 3.70. The van der Waals surface area contributed by atoms with Crippen molar-refractivity contribution in [2.75, 3.05) is 13.7 Å². The van der Waals surface area contributed by atoms with E-state index in [4.69, 9.17) is 9.47 Å². The van der Waals surface area contributed by atoms with E-state index in [0.29, 0.717) is 11.5 Å². The zero-order valence-electron chi connectivity index (χ0n) is 16.1. The summed E-state index contributed by atoms with van der Waals surface area (Å²) in [7, 11) is 1.56. The molecule has 0 aliphatic heterocycles. The first-order chi connectivity index (χ1) is 14.1. The lowest BCUT2D eigenvalue weighted by Crippen LogP contribution is -2.33. The van der Waals surface area contributed by atoms with Crippen molar-refractivity contribution in [3.8, 4) is 11.5 Å². The van der Waals surface area contributed by atoms with Gasteiger partial charge >= 0.3 is 0 Å². The van der Waals surface area contributed by atoms with E-state index >= 15 is 0 Å². The molecule has 3 rings (SSSR count). The van der Waals surface area contributed by atoms with Crippen LogP contribution in [0, 0.1) is 5.82 Å². The Morgan fingerprint density at radius 2 is 2.00 bits per heavy atom. The first-order valence-electron chi connectivity index (χ1n) is 9.09. The lowest BCUT2D eigenvalue weighted by molar-refractivity contribution is -0.123. The van der Waals surface area contributed by atoms with Crippen LogP contribution in [-0.2, 0) is 11.2 Å². The molecule has 2 aromatic carbocycles. The van der Waals surface area contributed by atoms with Crippen molar-refractivity contribution >= 4 is 17.2 Å². The van der Waals surface area contributed by atoms with E-state index in [1.807, 2.05) is 35.7 Å². The van der Waals surface area contributed by atoms with Crippen molar-refractivity contribution in [3.05, 3.63) is 94.5 Å². The summed E-state index contributed by atoms with van der Waals surface area (Å²) in [5.41, 5.74) is 1.84. The lowest BCUT2D eigenvalue weighted by Gasteiger charge is -2.19. The van der Waals surface area contributed by atoms with E-state index in [1.165, 1.54) is 23.5 Å². The van der Waals surface area contributed by atoms with Gasteiger partial charge in [-0.05, 0) is 53.3 Å². The van der Waals surface area contributed by atoms with E-state index in [0.717, 1.165) is 22.4 Å². The number of allylic oxidation sites excluding steroid dienone is 1. The van der Waals surface area contributed by atoms with Crippen LogP contribution in [0.1, 0.15) is 22.0 Å². The Bertz CT molecular complexity index is 955. The summed E-state index contributed by atoms with van der Waals surface area (Å²) >= 11 is 1.52. The topological polar surface area (TPSA) is 47.6 Å². The molecule has 150 valence electrons. The van der Waals surface area contributed by atoms with E-state index in [1.54, 1.807) is 25.3 Å². The Kier molecular flexibility index (Phi) is 7.03. The molecule has 0 aliphatic carbocycles. The fourth-order valence-electron chi connectivity index (χ4n) is 2.90. The van der Waals surface area contributed by atoms with Gasteiger partial charge in [0.2, 0.25) is 0 Å². The van der Waals surface area contributed by atoms with Crippen LogP contribution in [-0.4, -0.2) is 19.6 Å². The third kappa shape index (κ3) is 5.45. The number of amides is 1. The molecule has 0 spiro atoms. The van der Waals surface area contributed by atoms with Gasteiger partial charge < -0.3 is 14.8 Å². The van der Waals surface area contributed by atoms with Gasteiger partial charge in [0.05, 0.1) is 13.2 Å². The Labute approximate surface area is 173 Å². The second-order valence-electron chi connectivity index (χ2n) is 6.33. The Hall–Kier alpha value is -3.12. The third-order valence-corrected chi connectivity index (χ3v) is 5.24. The summed E-state index contributed by atoms with van der Waals surface area (Å²) in [5.74, 6) is 0.445. The summed E-state index contributed by atoms with van der Waals surface area (Å²) in [6.45, 7) is 3.56. The minimum Gasteiger partial charge on any atom is -0.493 e. The summed E-state index contributed by atoms with van der Waals surface area (Å²) < 4.78 is 24.3. The van der Waals surface area contributed by atoms with Crippen molar-refractivity contribution in [2.45, 2.75) is 12.5 Å². The van der Waals surface area contributed by atoms with Crippen LogP contribution in [0.2, 0.25) is 0 Å². The minimum absolute atomic E-state index is 0.166.